The van der Waals surface area contributed by atoms with Gasteiger partial charge in [-0.25, -0.2) is 0 Å². The van der Waals surface area contributed by atoms with E-state index >= 15 is 0 Å². The average Bonchev–Trinajstić information content (AvgIpc) is 3.41. The van der Waals surface area contributed by atoms with E-state index in [-0.39, 0.29) is 5.91 Å². The molecule has 0 spiro atoms. The zero-order valence-corrected chi connectivity index (χ0v) is 14.1. The summed E-state index contributed by atoms with van der Waals surface area (Å²) in [4.78, 5) is 17.3. The van der Waals surface area contributed by atoms with Crippen LogP contribution in [-0.4, -0.2) is 62.7 Å². The molecule has 1 heterocycles. The van der Waals surface area contributed by atoms with Gasteiger partial charge in [0.05, 0.1) is 14.2 Å². The van der Waals surface area contributed by atoms with E-state index in [0.29, 0.717) is 17.1 Å². The van der Waals surface area contributed by atoms with Crippen molar-refractivity contribution in [1.82, 2.24) is 9.80 Å². The molecule has 0 bridgehead atoms. The fraction of sp³-hybridized carbons (Fsp3) is 0.611. The first-order valence-corrected chi connectivity index (χ1v) is 8.45. The van der Waals surface area contributed by atoms with Crippen LogP contribution in [0.5, 0.6) is 11.5 Å². The minimum Gasteiger partial charge on any atom is -0.493 e. The largest absolute Gasteiger partial charge is 0.493 e. The number of ether oxygens (including phenoxy) is 2. The van der Waals surface area contributed by atoms with Gasteiger partial charge in [0.2, 0.25) is 0 Å². The summed E-state index contributed by atoms with van der Waals surface area (Å²) in [6.07, 6.45) is 3.81. The molecule has 23 heavy (non-hydrogen) atoms. The molecular weight excluding hydrogens is 292 g/mol. The molecular formula is C18H26N2O3. The Bertz CT molecular complexity index is 557. The quantitative estimate of drug-likeness (QED) is 0.835. The Labute approximate surface area is 138 Å². The Hall–Kier alpha value is -1.75. The number of hydrogen-bond donors (Lipinski definition) is 0. The van der Waals surface area contributed by atoms with Gasteiger partial charge < -0.3 is 19.3 Å². The molecule has 1 saturated heterocycles. The molecule has 5 nitrogen and oxygen atoms in total. The van der Waals surface area contributed by atoms with Crippen LogP contribution in [0.4, 0.5) is 0 Å². The zero-order valence-electron chi connectivity index (χ0n) is 14.1. The van der Waals surface area contributed by atoms with Gasteiger partial charge in [-0.1, -0.05) is 0 Å². The molecule has 1 aromatic rings. The zero-order chi connectivity index (χ0) is 16.2. The van der Waals surface area contributed by atoms with Crippen molar-refractivity contribution in [2.24, 2.45) is 5.92 Å². The van der Waals surface area contributed by atoms with E-state index in [4.69, 9.17) is 9.47 Å². The Morgan fingerprint density at radius 3 is 2.57 bits per heavy atom. The van der Waals surface area contributed by atoms with Crippen molar-refractivity contribution in [3.8, 4) is 11.5 Å². The van der Waals surface area contributed by atoms with E-state index in [2.05, 4.69) is 4.90 Å². The Kier molecular flexibility index (Phi) is 5.06. The van der Waals surface area contributed by atoms with Crippen LogP contribution in [0.25, 0.3) is 0 Å². The molecule has 2 fully saturated rings. The molecule has 0 N–H and O–H groups in total. The van der Waals surface area contributed by atoms with Crippen LogP contribution in [0.2, 0.25) is 0 Å². The van der Waals surface area contributed by atoms with E-state index < -0.39 is 0 Å². The number of carbonyl (C=O) groups excluding carboxylic acids is 1. The Morgan fingerprint density at radius 2 is 1.87 bits per heavy atom. The summed E-state index contributed by atoms with van der Waals surface area (Å²) in [6.45, 7) is 4.92. The van der Waals surface area contributed by atoms with Crippen molar-refractivity contribution in [2.45, 2.75) is 19.3 Å². The highest BCUT2D eigenvalue weighted by molar-refractivity contribution is 5.95. The molecule has 0 atom stereocenters. The minimum absolute atomic E-state index is 0.0826. The fourth-order valence-electron chi connectivity index (χ4n) is 3.17. The van der Waals surface area contributed by atoms with E-state index in [1.807, 2.05) is 11.0 Å². The van der Waals surface area contributed by atoms with Gasteiger partial charge in [0.1, 0.15) is 0 Å². The molecule has 0 radical (unpaired) electrons. The Morgan fingerprint density at radius 1 is 1.09 bits per heavy atom. The SMILES string of the molecule is COc1ccc(C(=O)N2CCCN(CC3CC3)CC2)cc1OC. The van der Waals surface area contributed by atoms with Crippen LogP contribution in [0.15, 0.2) is 18.2 Å². The number of hydrogen-bond acceptors (Lipinski definition) is 4. The molecule has 0 unspecified atom stereocenters. The van der Waals surface area contributed by atoms with Crippen LogP contribution in [0, 0.1) is 5.92 Å². The van der Waals surface area contributed by atoms with Crippen molar-refractivity contribution in [1.29, 1.82) is 0 Å². The summed E-state index contributed by atoms with van der Waals surface area (Å²) in [5, 5.41) is 0. The number of nitrogens with zero attached hydrogens (tertiary/aromatic N) is 2. The lowest BCUT2D eigenvalue weighted by molar-refractivity contribution is 0.0761. The smallest absolute Gasteiger partial charge is 0.254 e. The maximum atomic E-state index is 12.8. The molecule has 0 aromatic heterocycles. The lowest BCUT2D eigenvalue weighted by Crippen LogP contribution is -2.35. The average molecular weight is 318 g/mol. The third-order valence-corrected chi connectivity index (χ3v) is 4.72. The van der Waals surface area contributed by atoms with Gasteiger partial charge in [0.25, 0.3) is 5.91 Å². The maximum Gasteiger partial charge on any atom is 0.254 e. The number of carbonyl (C=O) groups is 1. The predicted octanol–water partition coefficient (Wildman–Crippen LogP) is 2.26. The molecule has 1 aliphatic carbocycles. The van der Waals surface area contributed by atoms with Crippen molar-refractivity contribution < 1.29 is 14.3 Å². The summed E-state index contributed by atoms with van der Waals surface area (Å²) >= 11 is 0. The van der Waals surface area contributed by atoms with Gasteiger partial charge in [-0.2, -0.15) is 0 Å². The van der Waals surface area contributed by atoms with Gasteiger partial charge in [-0.15, -0.1) is 0 Å². The maximum absolute atomic E-state index is 12.8. The van der Waals surface area contributed by atoms with E-state index in [9.17, 15) is 4.79 Å². The molecule has 5 heteroatoms. The summed E-state index contributed by atoms with van der Waals surface area (Å²) in [7, 11) is 3.19. The second-order valence-corrected chi connectivity index (χ2v) is 6.46. The van der Waals surface area contributed by atoms with Crippen LogP contribution in [0.3, 0.4) is 0 Å². The number of amides is 1. The van der Waals surface area contributed by atoms with Crippen LogP contribution in [0.1, 0.15) is 29.6 Å². The first-order chi connectivity index (χ1) is 11.2. The third-order valence-electron chi connectivity index (χ3n) is 4.72. The van der Waals surface area contributed by atoms with Gasteiger partial charge >= 0.3 is 0 Å². The molecule has 126 valence electrons. The van der Waals surface area contributed by atoms with Gasteiger partial charge in [0, 0.05) is 31.7 Å². The second kappa shape index (κ2) is 7.21. The van der Waals surface area contributed by atoms with Gasteiger partial charge in [-0.05, 0) is 49.9 Å². The first kappa shape index (κ1) is 16.1. The molecule has 1 aliphatic heterocycles. The molecule has 3 rings (SSSR count). The van der Waals surface area contributed by atoms with E-state index in [1.165, 1.54) is 19.4 Å². The molecule has 2 aliphatic rings. The van der Waals surface area contributed by atoms with E-state index in [1.54, 1.807) is 26.4 Å². The van der Waals surface area contributed by atoms with Gasteiger partial charge in [0.15, 0.2) is 11.5 Å². The van der Waals surface area contributed by atoms with Crippen LogP contribution < -0.4 is 9.47 Å². The summed E-state index contributed by atoms with van der Waals surface area (Å²) < 4.78 is 10.5. The number of methoxy groups -OCH3 is 2. The highest BCUT2D eigenvalue weighted by atomic mass is 16.5. The number of benzene rings is 1. The highest BCUT2D eigenvalue weighted by Gasteiger charge is 2.26. The highest BCUT2D eigenvalue weighted by Crippen LogP contribution is 2.30. The lowest BCUT2D eigenvalue weighted by atomic mass is 10.1. The van der Waals surface area contributed by atoms with Crippen molar-refractivity contribution >= 4 is 5.91 Å². The van der Waals surface area contributed by atoms with Crippen molar-refractivity contribution in [2.75, 3.05) is 46.9 Å². The molecule has 1 saturated carbocycles. The number of rotatable bonds is 5. The van der Waals surface area contributed by atoms with Crippen molar-refractivity contribution in [3.63, 3.8) is 0 Å². The fourth-order valence-corrected chi connectivity index (χ4v) is 3.17. The van der Waals surface area contributed by atoms with Crippen LogP contribution in [-0.2, 0) is 0 Å². The first-order valence-electron chi connectivity index (χ1n) is 8.45. The minimum atomic E-state index is 0.0826. The summed E-state index contributed by atoms with van der Waals surface area (Å²) in [5.74, 6) is 2.24. The van der Waals surface area contributed by atoms with E-state index in [0.717, 1.165) is 38.5 Å². The molecule has 1 amide bonds. The Balaban J connectivity index is 1.65. The lowest BCUT2D eigenvalue weighted by Gasteiger charge is -2.22. The third kappa shape index (κ3) is 3.96. The normalized spacial score (nSPS) is 19.3. The topological polar surface area (TPSA) is 42.0 Å². The summed E-state index contributed by atoms with van der Waals surface area (Å²) in [5.41, 5.74) is 0.665. The monoisotopic (exact) mass is 318 g/mol. The van der Waals surface area contributed by atoms with Crippen molar-refractivity contribution in [3.05, 3.63) is 23.8 Å². The summed E-state index contributed by atoms with van der Waals surface area (Å²) in [6, 6.07) is 5.38. The standard InChI is InChI=1S/C18H26N2O3/c1-22-16-7-6-15(12-17(16)23-2)18(21)20-9-3-8-19(10-11-20)13-14-4-5-14/h6-7,12,14H,3-5,8-11,13H2,1-2H3. The molecule has 1 aromatic carbocycles. The predicted molar refractivity (Wildman–Crippen MR) is 89.2 cm³/mol. The van der Waals surface area contributed by atoms with Crippen LogP contribution >= 0.6 is 0 Å². The second-order valence-electron chi connectivity index (χ2n) is 6.46. The van der Waals surface area contributed by atoms with Gasteiger partial charge in [-0.3, -0.25) is 4.79 Å².